The van der Waals surface area contributed by atoms with E-state index in [4.69, 9.17) is 7.76 Å². The molecule has 0 saturated carbocycles. The summed E-state index contributed by atoms with van der Waals surface area (Å²) in [7, 11) is 0. The van der Waals surface area contributed by atoms with Crippen LogP contribution in [0.25, 0.3) is 23.3 Å². The van der Waals surface area contributed by atoms with Gasteiger partial charge in [0.15, 0.2) is 0 Å². The van der Waals surface area contributed by atoms with Crippen LogP contribution < -0.4 is 0 Å². The zero-order valence-electron chi connectivity index (χ0n) is 51.7. The van der Waals surface area contributed by atoms with E-state index >= 15 is 0 Å². The van der Waals surface area contributed by atoms with E-state index in [1.54, 1.807) is 0 Å². The third kappa shape index (κ3) is 33.6. The molecular weight excluding hydrogens is 1020 g/mol. The standard InChI is InChI=1S/C61H98N2.2C7H7O.Ni/c1-7-13-19-21-23-25-27-29-31-33-38-42-55-47-56(43-39-34-32-30-28-26-24-22-20-14-8-2)51-59(50-55)61(60(45-37-17-11-5)57(52-63-62)44-18-12-6)58-48-53(40-35-15-9-3)46-54(49-58)41-36-16-10-4;2*8-6-7-4-2-1-3-5-7;/h38-39,42-43,46-51H,7-37,40-41,44-45H2,1-6H3;2*1-5H,6H2;/q;2*-1;+2. The van der Waals surface area contributed by atoms with Crippen LogP contribution in [-0.2, 0) is 48.9 Å². The predicted octanol–water partition coefficient (Wildman–Crippen LogP) is 23.8. The molecule has 0 atom stereocenters. The molecule has 4 nitrogen and oxygen atoms in total. The van der Waals surface area contributed by atoms with E-state index in [1.807, 2.05) is 60.7 Å². The van der Waals surface area contributed by atoms with Crippen molar-refractivity contribution in [2.45, 2.75) is 279 Å². The number of aryl methyl sites for hydroxylation is 2. The minimum atomic E-state index is 0.565. The Morgan fingerprint density at radius 3 is 1.26 bits per heavy atom. The molecule has 0 spiro atoms. The van der Waals surface area contributed by atoms with E-state index in [2.05, 4.69) is 113 Å². The number of hydrogen-bond donors (Lipinski definition) is 0. The van der Waals surface area contributed by atoms with Gasteiger partial charge in [-0.05, 0) is 140 Å². The molecule has 0 amide bonds. The van der Waals surface area contributed by atoms with E-state index in [1.165, 1.54) is 211 Å². The Kier molecular flexibility index (Phi) is 43.1. The Bertz CT molecular complexity index is 2200. The van der Waals surface area contributed by atoms with Crippen molar-refractivity contribution in [3.8, 4) is 0 Å². The fourth-order valence-corrected chi connectivity index (χ4v) is 11.0. The molecule has 444 valence electrons. The SMILES string of the molecule is CCCCCCCCCCCC=Cc1cc(C=CCCCCCCCCCCC)cc(C(=C(CCCCC)C(=C=[N+]=[N-])CCCC)c2cc(CCCCC)cc(CCCCC)c2)c1.c1ccc(C[O][Ni][O]Cc2ccccc2)cc1. The summed E-state index contributed by atoms with van der Waals surface area (Å²) in [6.07, 6.45) is 53.6. The van der Waals surface area contributed by atoms with E-state index < -0.39 is 0 Å². The number of rotatable bonds is 46. The molecule has 0 fully saturated rings. The molecule has 0 saturated heterocycles. The Labute approximate surface area is 498 Å². The second-order valence-electron chi connectivity index (χ2n) is 22.5. The van der Waals surface area contributed by atoms with E-state index in [-0.39, 0.29) is 0 Å². The van der Waals surface area contributed by atoms with Crippen molar-refractivity contribution in [2.75, 3.05) is 0 Å². The van der Waals surface area contributed by atoms with Gasteiger partial charge in [-0.15, -0.1) is 4.79 Å². The van der Waals surface area contributed by atoms with Crippen molar-refractivity contribution >= 4 is 23.6 Å². The number of benzene rings is 4. The van der Waals surface area contributed by atoms with Gasteiger partial charge >= 0.3 is 114 Å². The molecule has 0 aliphatic rings. The van der Waals surface area contributed by atoms with Gasteiger partial charge in [-0.1, -0.05) is 232 Å². The van der Waals surface area contributed by atoms with Gasteiger partial charge in [-0.25, -0.2) is 0 Å². The van der Waals surface area contributed by atoms with Crippen molar-refractivity contribution in [2.24, 2.45) is 0 Å². The Hall–Kier alpha value is -4.33. The fourth-order valence-electron chi connectivity index (χ4n) is 10.5. The zero-order valence-corrected chi connectivity index (χ0v) is 52.7. The van der Waals surface area contributed by atoms with Crippen LogP contribution in [0, 0.1) is 0 Å². The molecule has 0 heterocycles. The van der Waals surface area contributed by atoms with E-state index in [0.29, 0.717) is 13.2 Å². The van der Waals surface area contributed by atoms with Crippen LogP contribution in [0.2, 0.25) is 0 Å². The minimum absolute atomic E-state index is 0.565. The van der Waals surface area contributed by atoms with Gasteiger partial charge in [-0.3, -0.25) is 0 Å². The topological polar surface area (TPSA) is 54.9 Å². The quantitative estimate of drug-likeness (QED) is 0.0111. The second-order valence-corrected chi connectivity index (χ2v) is 23.2. The van der Waals surface area contributed by atoms with Crippen molar-refractivity contribution < 1.29 is 27.6 Å². The number of hydrogen-bond acceptors (Lipinski definition) is 2. The van der Waals surface area contributed by atoms with Gasteiger partial charge in [0, 0.05) is 0 Å². The Morgan fingerprint density at radius 1 is 0.425 bits per heavy atom. The van der Waals surface area contributed by atoms with Crippen LogP contribution in [0.5, 0.6) is 0 Å². The van der Waals surface area contributed by atoms with Crippen molar-refractivity contribution in [3.05, 3.63) is 170 Å². The molecule has 4 aromatic carbocycles. The average Bonchev–Trinajstić information content (AvgIpc) is 3.51. The normalized spacial score (nSPS) is 11.7. The summed E-state index contributed by atoms with van der Waals surface area (Å²) in [6.45, 7) is 14.9. The van der Waals surface area contributed by atoms with Gasteiger partial charge in [0.05, 0.1) is 5.57 Å². The number of unbranched alkanes of at least 4 members (excludes halogenated alkanes) is 25. The van der Waals surface area contributed by atoms with Crippen LogP contribution in [0.3, 0.4) is 0 Å². The molecule has 80 heavy (non-hydrogen) atoms. The summed E-state index contributed by atoms with van der Waals surface area (Å²) in [5.74, 6) is 3.17. The summed E-state index contributed by atoms with van der Waals surface area (Å²) in [6, 6.07) is 35.0. The van der Waals surface area contributed by atoms with Crippen LogP contribution >= 0.6 is 0 Å². The number of allylic oxidation sites excluding steroid dienone is 4. The first kappa shape index (κ1) is 69.9. The monoisotopic (exact) mass is 1130 g/mol. The summed E-state index contributed by atoms with van der Waals surface area (Å²) < 4.78 is 10.7. The van der Waals surface area contributed by atoms with Crippen molar-refractivity contribution in [1.82, 2.24) is 0 Å². The third-order valence-corrected chi connectivity index (χ3v) is 15.7. The van der Waals surface area contributed by atoms with Crippen LogP contribution in [0.15, 0.2) is 120 Å². The Morgan fingerprint density at radius 2 is 0.825 bits per heavy atom. The molecule has 4 aromatic rings. The van der Waals surface area contributed by atoms with Gasteiger partial charge in [0.25, 0.3) is 0 Å². The molecule has 4 rings (SSSR count). The Balaban J connectivity index is 0.000000830. The van der Waals surface area contributed by atoms with Crippen LogP contribution in [0.4, 0.5) is 0 Å². The van der Waals surface area contributed by atoms with Gasteiger partial charge < -0.3 is 5.53 Å². The van der Waals surface area contributed by atoms with Crippen molar-refractivity contribution in [3.63, 3.8) is 0 Å². The third-order valence-electron chi connectivity index (χ3n) is 15.2. The molecule has 0 aliphatic carbocycles. The zero-order chi connectivity index (χ0) is 57.2. The van der Waals surface area contributed by atoms with E-state index in [0.717, 1.165) is 89.6 Å². The summed E-state index contributed by atoms with van der Waals surface area (Å²) in [5, 5.41) is 0. The first-order valence-corrected chi connectivity index (χ1v) is 33.5. The molecule has 0 radical (unpaired) electrons. The average molecular weight is 1130 g/mol. The number of nitrogens with zero attached hydrogens (tertiary/aromatic N) is 2. The van der Waals surface area contributed by atoms with Crippen molar-refractivity contribution in [1.29, 1.82) is 0 Å². The first-order chi connectivity index (χ1) is 39.5. The maximum atomic E-state index is 10.1. The molecule has 5 heteroatoms. The molecule has 0 aromatic heterocycles. The summed E-state index contributed by atoms with van der Waals surface area (Å²) >= 11 is 0.863. The fraction of sp³-hybridized carbons (Fsp3) is 0.573. The van der Waals surface area contributed by atoms with E-state index in [9.17, 15) is 5.53 Å². The maximum absolute atomic E-state index is 10.1. The van der Waals surface area contributed by atoms with Gasteiger partial charge in [-0.2, -0.15) is 0 Å². The molecular formula is C75H112N2NiO2. The van der Waals surface area contributed by atoms with Crippen LogP contribution in [-0.4, -0.2) is 10.7 Å². The molecule has 0 aliphatic heterocycles. The van der Waals surface area contributed by atoms with Gasteiger partial charge in [0.1, 0.15) is 0 Å². The van der Waals surface area contributed by atoms with Gasteiger partial charge in [0.2, 0.25) is 0 Å². The molecule has 0 N–H and O–H groups in total. The molecule has 0 bridgehead atoms. The summed E-state index contributed by atoms with van der Waals surface area (Å²) in [5.41, 5.74) is 24.2. The second kappa shape index (κ2) is 49.3. The van der Waals surface area contributed by atoms with Crippen LogP contribution in [0.1, 0.15) is 298 Å². The first-order valence-electron chi connectivity index (χ1n) is 32.7. The molecule has 0 unspecified atom stereocenters. The predicted molar refractivity (Wildman–Crippen MR) is 345 cm³/mol. The summed E-state index contributed by atoms with van der Waals surface area (Å²) in [4.78, 5) is 3.62.